The molecule has 2 aromatic rings. The van der Waals surface area contributed by atoms with Gasteiger partial charge in [0.25, 0.3) is 0 Å². The van der Waals surface area contributed by atoms with Gasteiger partial charge in [-0.2, -0.15) is 0 Å². The van der Waals surface area contributed by atoms with E-state index in [-0.39, 0.29) is 0 Å². The molecule has 0 spiro atoms. The van der Waals surface area contributed by atoms with Gasteiger partial charge in [-0.05, 0) is 26.0 Å². The molecule has 0 amide bonds. The van der Waals surface area contributed by atoms with E-state index in [0.717, 1.165) is 16.9 Å². The van der Waals surface area contributed by atoms with E-state index in [1.165, 1.54) is 6.26 Å². The number of sulfone groups is 1. The Kier molecular flexibility index (Phi) is 4.12. The predicted molar refractivity (Wildman–Crippen MR) is 83.1 cm³/mol. The molecule has 1 heterocycles. The van der Waals surface area contributed by atoms with E-state index in [9.17, 15) is 8.42 Å². The van der Waals surface area contributed by atoms with Gasteiger partial charge in [0.15, 0.2) is 9.84 Å². The SMILES string of the molecule is CC(C)(Cn1c(CCCl)nc2ccccc21)S(C)(=O)=O. The quantitative estimate of drug-likeness (QED) is 0.797. The Hall–Kier alpha value is -1.07. The van der Waals surface area contributed by atoms with Crippen LogP contribution < -0.4 is 0 Å². The number of benzene rings is 1. The van der Waals surface area contributed by atoms with E-state index in [0.29, 0.717) is 18.8 Å². The molecule has 4 nitrogen and oxygen atoms in total. The van der Waals surface area contributed by atoms with Crippen LogP contribution in [-0.4, -0.2) is 34.9 Å². The van der Waals surface area contributed by atoms with Crippen molar-refractivity contribution in [3.8, 4) is 0 Å². The van der Waals surface area contributed by atoms with Crippen LogP contribution in [0.4, 0.5) is 0 Å². The number of imidazole rings is 1. The number of aryl methyl sites for hydroxylation is 1. The zero-order valence-corrected chi connectivity index (χ0v) is 13.5. The second-order valence-electron chi connectivity index (χ2n) is 5.57. The molecule has 1 aromatic heterocycles. The molecule has 0 saturated carbocycles. The molecule has 0 aliphatic carbocycles. The fourth-order valence-electron chi connectivity index (χ4n) is 2.08. The van der Waals surface area contributed by atoms with Gasteiger partial charge >= 0.3 is 0 Å². The second-order valence-corrected chi connectivity index (χ2v) is 8.60. The van der Waals surface area contributed by atoms with Crippen molar-refractivity contribution in [3.63, 3.8) is 0 Å². The standard InChI is InChI=1S/C14H19ClN2O2S/c1-14(2,20(3,18)19)10-17-12-7-5-4-6-11(12)16-13(17)8-9-15/h4-7H,8-10H2,1-3H3. The molecule has 0 saturated heterocycles. The molecule has 0 aliphatic heterocycles. The maximum Gasteiger partial charge on any atom is 0.154 e. The van der Waals surface area contributed by atoms with Gasteiger partial charge in [-0.15, -0.1) is 11.6 Å². The van der Waals surface area contributed by atoms with Crippen LogP contribution >= 0.6 is 11.6 Å². The Labute approximate surface area is 124 Å². The van der Waals surface area contributed by atoms with Crippen LogP contribution in [0.25, 0.3) is 11.0 Å². The monoisotopic (exact) mass is 314 g/mol. The van der Waals surface area contributed by atoms with Crippen LogP contribution in [0.1, 0.15) is 19.7 Å². The molecular weight excluding hydrogens is 296 g/mol. The Morgan fingerprint density at radius 1 is 1.30 bits per heavy atom. The predicted octanol–water partition coefficient (Wildman–Crippen LogP) is 2.64. The Balaban J connectivity index is 2.55. The highest BCUT2D eigenvalue weighted by Gasteiger charge is 2.32. The number of rotatable bonds is 5. The zero-order valence-electron chi connectivity index (χ0n) is 11.9. The van der Waals surface area contributed by atoms with Crippen LogP contribution in [-0.2, 0) is 22.8 Å². The molecule has 110 valence electrons. The fourth-order valence-corrected chi connectivity index (χ4v) is 2.61. The first-order valence-corrected chi connectivity index (χ1v) is 8.88. The summed E-state index contributed by atoms with van der Waals surface area (Å²) in [5.74, 6) is 1.29. The summed E-state index contributed by atoms with van der Waals surface area (Å²) >= 11 is 5.83. The number of hydrogen-bond donors (Lipinski definition) is 0. The van der Waals surface area contributed by atoms with Crippen molar-refractivity contribution in [1.29, 1.82) is 0 Å². The molecule has 0 atom stereocenters. The van der Waals surface area contributed by atoms with Crippen LogP contribution in [0, 0.1) is 0 Å². The number of fused-ring (bicyclic) bond motifs is 1. The molecule has 0 unspecified atom stereocenters. The fraction of sp³-hybridized carbons (Fsp3) is 0.500. The Morgan fingerprint density at radius 2 is 1.95 bits per heavy atom. The first kappa shape index (κ1) is 15.3. The van der Waals surface area contributed by atoms with Crippen molar-refractivity contribution >= 4 is 32.5 Å². The third-order valence-electron chi connectivity index (χ3n) is 3.59. The van der Waals surface area contributed by atoms with E-state index >= 15 is 0 Å². The molecule has 2 rings (SSSR count). The van der Waals surface area contributed by atoms with E-state index in [2.05, 4.69) is 4.98 Å². The van der Waals surface area contributed by atoms with Crippen molar-refractivity contribution in [2.45, 2.75) is 31.6 Å². The van der Waals surface area contributed by atoms with Gasteiger partial charge in [0, 0.05) is 25.1 Å². The lowest BCUT2D eigenvalue weighted by atomic mass is 10.2. The molecule has 0 fully saturated rings. The van der Waals surface area contributed by atoms with Gasteiger partial charge in [-0.3, -0.25) is 0 Å². The molecule has 0 N–H and O–H groups in total. The average Bonchev–Trinajstić information content (AvgIpc) is 2.66. The summed E-state index contributed by atoms with van der Waals surface area (Å²) in [6.45, 7) is 3.85. The molecule has 20 heavy (non-hydrogen) atoms. The van der Waals surface area contributed by atoms with E-state index in [1.807, 2.05) is 28.8 Å². The molecule has 1 aromatic carbocycles. The molecule has 0 aliphatic rings. The molecule has 0 radical (unpaired) electrons. The minimum absolute atomic E-state index is 0.374. The highest BCUT2D eigenvalue weighted by molar-refractivity contribution is 7.92. The van der Waals surface area contributed by atoms with E-state index in [1.54, 1.807) is 13.8 Å². The normalized spacial score (nSPS) is 13.0. The number of para-hydroxylation sites is 2. The summed E-state index contributed by atoms with van der Waals surface area (Å²) in [6.07, 6.45) is 1.89. The number of halogens is 1. The topological polar surface area (TPSA) is 52.0 Å². The Morgan fingerprint density at radius 3 is 2.55 bits per heavy atom. The third kappa shape index (κ3) is 2.83. The van der Waals surface area contributed by atoms with Gasteiger partial charge < -0.3 is 4.57 Å². The van der Waals surface area contributed by atoms with Crippen molar-refractivity contribution in [2.75, 3.05) is 12.1 Å². The van der Waals surface area contributed by atoms with Crippen LogP contribution in [0.3, 0.4) is 0 Å². The average molecular weight is 315 g/mol. The summed E-state index contributed by atoms with van der Waals surface area (Å²) in [7, 11) is -3.16. The number of nitrogens with zero attached hydrogens (tertiary/aromatic N) is 2. The molecule has 0 bridgehead atoms. The Bertz CT molecular complexity index is 720. The van der Waals surface area contributed by atoms with Gasteiger partial charge in [-0.25, -0.2) is 13.4 Å². The summed E-state index contributed by atoms with van der Waals surface area (Å²) < 4.78 is 25.0. The van der Waals surface area contributed by atoms with Crippen LogP contribution in [0.5, 0.6) is 0 Å². The third-order valence-corrected chi connectivity index (χ3v) is 5.92. The van der Waals surface area contributed by atoms with Gasteiger partial charge in [0.1, 0.15) is 5.82 Å². The first-order chi connectivity index (χ1) is 9.26. The van der Waals surface area contributed by atoms with Gasteiger partial charge in [0.2, 0.25) is 0 Å². The molecule has 6 heteroatoms. The van der Waals surface area contributed by atoms with Crippen molar-refractivity contribution < 1.29 is 8.42 Å². The summed E-state index contributed by atoms with van der Waals surface area (Å²) in [6, 6.07) is 7.74. The highest BCUT2D eigenvalue weighted by Crippen LogP contribution is 2.24. The minimum atomic E-state index is -3.16. The smallest absolute Gasteiger partial charge is 0.154 e. The maximum atomic E-state index is 11.9. The maximum absolute atomic E-state index is 11.9. The summed E-state index contributed by atoms with van der Waals surface area (Å²) in [5.41, 5.74) is 1.82. The van der Waals surface area contributed by atoms with E-state index < -0.39 is 14.6 Å². The van der Waals surface area contributed by atoms with Crippen molar-refractivity contribution in [2.24, 2.45) is 0 Å². The van der Waals surface area contributed by atoms with Crippen LogP contribution in [0.2, 0.25) is 0 Å². The largest absolute Gasteiger partial charge is 0.326 e. The molecular formula is C14H19ClN2O2S. The minimum Gasteiger partial charge on any atom is -0.326 e. The van der Waals surface area contributed by atoms with Crippen molar-refractivity contribution in [3.05, 3.63) is 30.1 Å². The lowest BCUT2D eigenvalue weighted by Crippen LogP contribution is -2.36. The number of hydrogen-bond acceptors (Lipinski definition) is 3. The van der Waals surface area contributed by atoms with Crippen LogP contribution in [0.15, 0.2) is 24.3 Å². The first-order valence-electron chi connectivity index (χ1n) is 6.46. The number of alkyl halides is 1. The summed E-state index contributed by atoms with van der Waals surface area (Å²) in [4.78, 5) is 4.55. The zero-order chi connectivity index (χ0) is 15.0. The van der Waals surface area contributed by atoms with Gasteiger partial charge in [0.05, 0.1) is 15.8 Å². The number of aromatic nitrogens is 2. The second kappa shape index (κ2) is 5.37. The highest BCUT2D eigenvalue weighted by atomic mass is 35.5. The van der Waals surface area contributed by atoms with E-state index in [4.69, 9.17) is 11.6 Å². The lowest BCUT2D eigenvalue weighted by Gasteiger charge is -2.24. The summed E-state index contributed by atoms with van der Waals surface area (Å²) in [5, 5.41) is 0. The lowest BCUT2D eigenvalue weighted by molar-refractivity contribution is 0.501. The van der Waals surface area contributed by atoms with Gasteiger partial charge in [-0.1, -0.05) is 12.1 Å². The van der Waals surface area contributed by atoms with Crippen molar-refractivity contribution in [1.82, 2.24) is 9.55 Å².